The van der Waals surface area contributed by atoms with Gasteiger partial charge in [-0.3, -0.25) is 4.79 Å². The zero-order valence-electron chi connectivity index (χ0n) is 17.0. The lowest BCUT2D eigenvalue weighted by atomic mass is 10.0. The minimum Gasteiger partial charge on any atom is -0.330 e. The Morgan fingerprint density at radius 1 is 1.41 bits per heavy atom. The minimum atomic E-state index is -4.16. The zero-order chi connectivity index (χ0) is 23.8. The van der Waals surface area contributed by atoms with Crippen molar-refractivity contribution in [3.05, 3.63) is 57.1 Å². The molecule has 1 amide bonds. The first kappa shape index (κ1) is 24.1. The second-order valence-electron chi connectivity index (χ2n) is 6.90. The highest BCUT2D eigenvalue weighted by atomic mass is 32.3. The number of benzene rings is 1. The van der Waals surface area contributed by atoms with Gasteiger partial charge >= 0.3 is 0 Å². The summed E-state index contributed by atoms with van der Waals surface area (Å²) >= 11 is 0.531. The summed E-state index contributed by atoms with van der Waals surface area (Å²) < 4.78 is 49.7. The number of carbonyl (C=O) groups excluding carboxylic acids is 1. The molecule has 15 heteroatoms. The van der Waals surface area contributed by atoms with E-state index in [0.29, 0.717) is 11.3 Å². The van der Waals surface area contributed by atoms with Gasteiger partial charge < -0.3 is 9.74 Å². The normalized spacial score (nSPS) is 18.0. The Hall–Kier alpha value is -2.59. The van der Waals surface area contributed by atoms with E-state index in [9.17, 15) is 31.7 Å². The molecular weight excluding hydrogens is 484 g/mol. The van der Waals surface area contributed by atoms with Crippen molar-refractivity contribution in [2.24, 2.45) is 5.14 Å². The largest absolute Gasteiger partial charge is 0.330 e. The number of hydrogen-bond acceptors (Lipinski definition) is 9. The Labute approximate surface area is 188 Å². The molecule has 3 rings (SSSR count). The quantitative estimate of drug-likeness (QED) is 0.429. The Morgan fingerprint density at radius 2 is 2.06 bits per heavy atom. The second-order valence-corrected chi connectivity index (χ2v) is 12.0. The van der Waals surface area contributed by atoms with Gasteiger partial charge in [0.25, 0.3) is 21.0 Å². The number of amides is 1. The van der Waals surface area contributed by atoms with Gasteiger partial charge in [0.1, 0.15) is 15.0 Å². The van der Waals surface area contributed by atoms with Crippen LogP contribution in [0.15, 0.2) is 38.8 Å². The number of fused-ring (bicyclic) bond motifs is 1. The van der Waals surface area contributed by atoms with Crippen molar-refractivity contribution in [2.75, 3.05) is 20.1 Å². The topological polar surface area (TPSA) is 170 Å². The summed E-state index contributed by atoms with van der Waals surface area (Å²) in [6.07, 6.45) is 0. The summed E-state index contributed by atoms with van der Waals surface area (Å²) in [5.41, 5.74) is 0.585. The summed E-state index contributed by atoms with van der Waals surface area (Å²) in [4.78, 5) is 29.8. The van der Waals surface area contributed by atoms with Crippen molar-refractivity contribution in [1.29, 1.82) is 0 Å². The third-order valence-electron chi connectivity index (χ3n) is 4.97. The molecule has 1 aromatic carbocycles. The fraction of sp³-hybridized carbons (Fsp3) is 0.353. The molecule has 0 aliphatic carbocycles. The van der Waals surface area contributed by atoms with Crippen LogP contribution in [0.4, 0.5) is 0 Å². The van der Waals surface area contributed by atoms with Crippen molar-refractivity contribution in [1.82, 2.24) is 9.21 Å². The maximum absolute atomic E-state index is 13.4. The van der Waals surface area contributed by atoms with Gasteiger partial charge in [-0.1, -0.05) is 18.2 Å². The van der Waals surface area contributed by atoms with Gasteiger partial charge in [-0.25, -0.2) is 22.0 Å². The van der Waals surface area contributed by atoms with Gasteiger partial charge in [-0.05, 0) is 24.6 Å². The fourth-order valence-electron chi connectivity index (χ4n) is 3.42. The molecule has 0 bridgehead atoms. The number of nitrogens with zero attached hydrogens (tertiary/aromatic N) is 3. The van der Waals surface area contributed by atoms with E-state index in [1.54, 1.807) is 19.1 Å². The maximum atomic E-state index is 13.4. The van der Waals surface area contributed by atoms with Crippen molar-refractivity contribution in [3.8, 4) is 0 Å². The van der Waals surface area contributed by atoms with Crippen molar-refractivity contribution in [3.63, 3.8) is 0 Å². The number of primary sulfonamides is 1. The van der Waals surface area contributed by atoms with Gasteiger partial charge in [-0.15, -0.1) is 21.5 Å². The fourth-order valence-corrected chi connectivity index (χ4v) is 7.46. The molecule has 1 aliphatic heterocycles. The van der Waals surface area contributed by atoms with Crippen LogP contribution in [0.25, 0.3) is 0 Å². The van der Waals surface area contributed by atoms with Crippen molar-refractivity contribution < 1.29 is 31.6 Å². The highest BCUT2D eigenvalue weighted by Gasteiger charge is 2.41. The lowest BCUT2D eigenvalue weighted by Gasteiger charge is -2.37. The van der Waals surface area contributed by atoms with Crippen LogP contribution in [0.3, 0.4) is 0 Å². The predicted molar refractivity (Wildman–Crippen MR) is 113 cm³/mol. The van der Waals surface area contributed by atoms with E-state index in [1.807, 2.05) is 0 Å². The highest BCUT2D eigenvalue weighted by molar-refractivity contribution is 7.94. The van der Waals surface area contributed by atoms with Gasteiger partial charge in [0, 0.05) is 31.3 Å². The first-order valence-electron chi connectivity index (χ1n) is 9.17. The highest BCUT2D eigenvalue weighted by Crippen LogP contribution is 2.42. The van der Waals surface area contributed by atoms with Crippen LogP contribution in [0.5, 0.6) is 0 Å². The molecule has 1 aliphatic rings. The minimum absolute atomic E-state index is 0.108. The molecule has 0 saturated carbocycles. The van der Waals surface area contributed by atoms with E-state index in [1.165, 1.54) is 30.1 Å². The summed E-state index contributed by atoms with van der Waals surface area (Å²) in [6.45, 7) is 1.29. The van der Waals surface area contributed by atoms with E-state index < -0.39 is 43.7 Å². The molecule has 174 valence electrons. The van der Waals surface area contributed by atoms with Crippen LogP contribution in [0.2, 0.25) is 0 Å². The molecule has 0 spiro atoms. The molecule has 2 N–H and O–H groups in total. The summed E-state index contributed by atoms with van der Waals surface area (Å²) in [5.74, 6) is -0.512. The standard InChI is InChI=1S/C17H20N4O8S3/c1-3-20(16(22)12-7-5-4-6-11(12)10-29-21(23)24)14-9-19(2)32(27,28)17-13(14)8-15(30-17)31(18,25)26/h4-8,14H,3,9-10H2,1-2H3,(H2,18,25,26)/t14-/m0/s1. The first-order chi connectivity index (χ1) is 14.9. The smallest absolute Gasteiger partial charge is 0.294 e. The Bertz CT molecular complexity index is 1270. The SMILES string of the molecule is CCN(C(=O)c1ccccc1CO[N+](=O)[O-])[C@H]1CN(C)S(=O)(=O)c2sc(S(N)(=O)=O)cc21. The number of likely N-dealkylation sites (N-methyl/N-ethyl adjacent to an activating group) is 2. The average Bonchev–Trinajstić information content (AvgIpc) is 3.18. The van der Waals surface area contributed by atoms with Gasteiger partial charge in [0.2, 0.25) is 10.0 Å². The summed E-state index contributed by atoms with van der Waals surface area (Å²) in [7, 11) is -6.78. The summed E-state index contributed by atoms with van der Waals surface area (Å²) in [6, 6.07) is 6.56. The third-order valence-corrected chi connectivity index (χ3v) is 9.89. The van der Waals surface area contributed by atoms with Crippen molar-refractivity contribution >= 4 is 37.3 Å². The molecule has 1 atom stereocenters. The lowest BCUT2D eigenvalue weighted by Crippen LogP contribution is -2.45. The monoisotopic (exact) mass is 504 g/mol. The van der Waals surface area contributed by atoms with E-state index >= 15 is 0 Å². The first-order valence-corrected chi connectivity index (χ1v) is 13.0. The lowest BCUT2D eigenvalue weighted by molar-refractivity contribution is -0.763. The van der Waals surface area contributed by atoms with Crippen LogP contribution >= 0.6 is 11.3 Å². The molecule has 2 heterocycles. The Balaban J connectivity index is 2.08. The third kappa shape index (κ3) is 4.47. The number of rotatable bonds is 7. The van der Waals surface area contributed by atoms with Gasteiger partial charge in [0.05, 0.1) is 6.04 Å². The van der Waals surface area contributed by atoms with Gasteiger partial charge in [0.15, 0.2) is 0 Å². The van der Waals surface area contributed by atoms with E-state index in [4.69, 9.17) is 5.14 Å². The number of carbonyl (C=O) groups is 1. The second kappa shape index (κ2) is 8.74. The molecule has 1 aromatic heterocycles. The molecule has 0 saturated heterocycles. The maximum Gasteiger partial charge on any atom is 0.294 e. The average molecular weight is 505 g/mol. The van der Waals surface area contributed by atoms with Gasteiger partial charge in [-0.2, -0.15) is 4.31 Å². The molecule has 0 fully saturated rings. The number of hydrogen-bond donors (Lipinski definition) is 1. The molecule has 12 nitrogen and oxygen atoms in total. The number of nitrogens with two attached hydrogens (primary N) is 1. The van der Waals surface area contributed by atoms with E-state index in [0.717, 1.165) is 4.31 Å². The molecular formula is C17H20N4O8S3. The Kier molecular flexibility index (Phi) is 6.57. The number of sulfonamides is 2. The molecule has 0 unspecified atom stereocenters. The number of thiophene rings is 1. The predicted octanol–water partition coefficient (Wildman–Crippen LogP) is 0.941. The van der Waals surface area contributed by atoms with Crippen molar-refractivity contribution in [2.45, 2.75) is 28.0 Å². The Morgan fingerprint density at radius 3 is 2.66 bits per heavy atom. The molecule has 2 aromatic rings. The van der Waals surface area contributed by atoms with E-state index in [2.05, 4.69) is 4.84 Å². The zero-order valence-corrected chi connectivity index (χ0v) is 19.4. The van der Waals surface area contributed by atoms with Crippen LogP contribution < -0.4 is 5.14 Å². The molecule has 32 heavy (non-hydrogen) atoms. The van der Waals surface area contributed by atoms with Crippen LogP contribution in [-0.2, 0) is 31.5 Å². The summed E-state index contributed by atoms with van der Waals surface area (Å²) in [5, 5.41) is 14.8. The van der Waals surface area contributed by atoms with Crippen LogP contribution in [0.1, 0.15) is 34.5 Å². The van der Waals surface area contributed by atoms with E-state index in [-0.39, 0.29) is 38.2 Å². The van der Waals surface area contributed by atoms with Crippen LogP contribution in [-0.4, -0.2) is 57.2 Å². The van der Waals surface area contributed by atoms with Crippen LogP contribution in [0, 0.1) is 10.1 Å². The molecule has 0 radical (unpaired) electrons.